The summed E-state index contributed by atoms with van der Waals surface area (Å²) in [5.74, 6) is 3.41. The standard InChI is InChI=1S/C30H17BN2O2S/c1-2-10-28-23(7-1)33-30(36-28)19-12-14-25-21(17-19)31-20-16-18(22-6-3-4-15-32-22)11-13-24(20)34-26-8-5-9-27(35-25)29(26)31/h1-17H. The van der Waals surface area contributed by atoms with Gasteiger partial charge in [0.05, 0.1) is 15.9 Å². The van der Waals surface area contributed by atoms with Gasteiger partial charge in [0.2, 0.25) is 0 Å². The van der Waals surface area contributed by atoms with Crippen molar-refractivity contribution >= 4 is 44.7 Å². The van der Waals surface area contributed by atoms with Gasteiger partial charge in [0.1, 0.15) is 28.0 Å². The maximum Gasteiger partial charge on any atom is 0.260 e. The summed E-state index contributed by atoms with van der Waals surface area (Å²) in [7, 11) is 0. The first kappa shape index (κ1) is 19.8. The zero-order valence-corrected chi connectivity index (χ0v) is 19.8. The fourth-order valence-corrected chi connectivity index (χ4v) is 6.22. The maximum absolute atomic E-state index is 6.39. The topological polar surface area (TPSA) is 44.2 Å². The zero-order valence-electron chi connectivity index (χ0n) is 19.0. The molecular weight excluding hydrogens is 463 g/mol. The van der Waals surface area contributed by atoms with Gasteiger partial charge in [-0.25, -0.2) is 4.98 Å². The lowest BCUT2D eigenvalue weighted by molar-refractivity contribution is 0.464. The summed E-state index contributed by atoms with van der Waals surface area (Å²) in [4.78, 5) is 9.47. The minimum absolute atomic E-state index is 0.0123. The number of nitrogens with zero attached hydrogens (tertiary/aromatic N) is 2. The van der Waals surface area contributed by atoms with Gasteiger partial charge in [-0.1, -0.05) is 36.4 Å². The van der Waals surface area contributed by atoms with Crippen LogP contribution in [0.3, 0.4) is 0 Å². The number of fused-ring (bicyclic) bond motifs is 5. The van der Waals surface area contributed by atoms with Crippen LogP contribution in [0.25, 0.3) is 32.0 Å². The van der Waals surface area contributed by atoms with Crippen molar-refractivity contribution < 1.29 is 9.47 Å². The van der Waals surface area contributed by atoms with Crippen molar-refractivity contribution in [1.82, 2.24) is 9.97 Å². The molecule has 4 nitrogen and oxygen atoms in total. The highest BCUT2D eigenvalue weighted by Gasteiger charge is 2.40. The van der Waals surface area contributed by atoms with Crippen molar-refractivity contribution in [2.45, 2.75) is 0 Å². The van der Waals surface area contributed by atoms with E-state index in [4.69, 9.17) is 14.5 Å². The lowest BCUT2D eigenvalue weighted by Crippen LogP contribution is -2.57. The molecule has 0 N–H and O–H groups in total. The Morgan fingerprint density at radius 1 is 0.639 bits per heavy atom. The molecular formula is C30H17BN2O2S. The Morgan fingerprint density at radius 2 is 1.36 bits per heavy atom. The lowest BCUT2D eigenvalue weighted by atomic mass is 9.34. The largest absolute Gasteiger partial charge is 0.458 e. The van der Waals surface area contributed by atoms with Crippen LogP contribution in [0.5, 0.6) is 23.0 Å². The van der Waals surface area contributed by atoms with Gasteiger partial charge < -0.3 is 9.47 Å². The number of thiazole rings is 1. The summed E-state index contributed by atoms with van der Waals surface area (Å²) in [6, 6.07) is 33.0. The minimum Gasteiger partial charge on any atom is -0.458 e. The molecule has 0 aliphatic carbocycles. The van der Waals surface area contributed by atoms with E-state index in [1.807, 2.05) is 48.7 Å². The molecule has 36 heavy (non-hydrogen) atoms. The van der Waals surface area contributed by atoms with Crippen LogP contribution < -0.4 is 25.9 Å². The van der Waals surface area contributed by atoms with Crippen molar-refractivity contribution in [3.8, 4) is 44.8 Å². The fraction of sp³-hybridized carbons (Fsp3) is 0. The molecule has 6 aromatic rings. The molecule has 0 spiro atoms. The number of para-hydroxylation sites is 1. The molecule has 6 heteroatoms. The van der Waals surface area contributed by atoms with Gasteiger partial charge in [-0.3, -0.25) is 4.98 Å². The van der Waals surface area contributed by atoms with Crippen LogP contribution in [0.2, 0.25) is 0 Å². The molecule has 2 aromatic heterocycles. The molecule has 0 saturated heterocycles. The number of rotatable bonds is 2. The average Bonchev–Trinajstić information content (AvgIpc) is 3.37. The summed E-state index contributed by atoms with van der Waals surface area (Å²) >= 11 is 1.71. The van der Waals surface area contributed by atoms with E-state index in [1.165, 1.54) is 4.70 Å². The average molecular weight is 480 g/mol. The highest BCUT2D eigenvalue weighted by Crippen LogP contribution is 2.37. The van der Waals surface area contributed by atoms with Crippen LogP contribution in [-0.2, 0) is 0 Å². The molecule has 8 rings (SSSR count). The molecule has 0 atom stereocenters. The Bertz CT molecular complexity index is 1770. The van der Waals surface area contributed by atoms with Crippen LogP contribution in [0.1, 0.15) is 0 Å². The molecule has 4 aromatic carbocycles. The van der Waals surface area contributed by atoms with Crippen molar-refractivity contribution in [1.29, 1.82) is 0 Å². The first-order chi connectivity index (χ1) is 17.8. The smallest absolute Gasteiger partial charge is 0.260 e. The summed E-state index contributed by atoms with van der Waals surface area (Å²) in [5, 5.41) is 1.01. The van der Waals surface area contributed by atoms with Crippen LogP contribution in [-0.4, -0.2) is 16.7 Å². The zero-order chi connectivity index (χ0) is 23.6. The fourth-order valence-electron chi connectivity index (χ4n) is 5.26. The third-order valence-corrected chi connectivity index (χ3v) is 7.98. The van der Waals surface area contributed by atoms with E-state index in [1.54, 1.807) is 11.3 Å². The summed E-state index contributed by atoms with van der Waals surface area (Å²) in [6.07, 6.45) is 1.83. The Kier molecular flexibility index (Phi) is 4.16. The van der Waals surface area contributed by atoms with E-state index < -0.39 is 0 Å². The van der Waals surface area contributed by atoms with Crippen LogP contribution in [0.4, 0.5) is 0 Å². The second kappa shape index (κ2) is 7.54. The molecule has 0 unspecified atom stereocenters. The highest BCUT2D eigenvalue weighted by molar-refractivity contribution is 7.21. The normalized spacial score (nSPS) is 12.8. The van der Waals surface area contributed by atoms with Crippen LogP contribution in [0.15, 0.2) is 103 Å². The third-order valence-electron chi connectivity index (χ3n) is 6.90. The quantitative estimate of drug-likeness (QED) is 0.296. The Morgan fingerprint density at radius 3 is 2.11 bits per heavy atom. The Labute approximate surface area is 211 Å². The van der Waals surface area contributed by atoms with Crippen LogP contribution >= 0.6 is 11.3 Å². The number of pyridine rings is 1. The monoisotopic (exact) mass is 480 g/mol. The van der Waals surface area contributed by atoms with Gasteiger partial charge in [0.15, 0.2) is 0 Å². The first-order valence-corrected chi connectivity index (χ1v) is 12.7. The molecule has 0 bridgehead atoms. The Balaban J connectivity index is 1.34. The molecule has 0 radical (unpaired) electrons. The second-order valence-electron chi connectivity index (χ2n) is 9.01. The van der Waals surface area contributed by atoms with Crippen LogP contribution in [0, 0.1) is 0 Å². The second-order valence-corrected chi connectivity index (χ2v) is 10.0. The molecule has 168 valence electrons. The van der Waals surface area contributed by atoms with Crippen molar-refractivity contribution in [3.63, 3.8) is 0 Å². The predicted octanol–water partition coefficient (Wildman–Crippen LogP) is 5.75. The molecule has 0 fully saturated rings. The first-order valence-electron chi connectivity index (χ1n) is 11.9. The summed E-state index contributed by atoms with van der Waals surface area (Å²) < 4.78 is 14.0. The minimum atomic E-state index is -0.0123. The lowest BCUT2D eigenvalue weighted by Gasteiger charge is -2.33. The SMILES string of the molecule is c1ccc(-c2ccc3c(c2)B2c4cc(-c5nc6ccccc6s5)ccc4Oc4cccc(c42)O3)nc1. The Hall–Kier alpha value is -4.42. The molecule has 0 amide bonds. The molecule has 2 aliphatic heterocycles. The van der Waals surface area contributed by atoms with E-state index >= 15 is 0 Å². The summed E-state index contributed by atoms with van der Waals surface area (Å²) in [6.45, 7) is -0.0123. The van der Waals surface area contributed by atoms with Crippen molar-refractivity contribution in [3.05, 3.63) is 103 Å². The molecule has 2 aliphatic rings. The number of hydrogen-bond donors (Lipinski definition) is 0. The summed E-state index contributed by atoms with van der Waals surface area (Å²) in [5.41, 5.74) is 7.42. The van der Waals surface area contributed by atoms with E-state index in [9.17, 15) is 0 Å². The van der Waals surface area contributed by atoms with Gasteiger partial charge in [0.25, 0.3) is 6.71 Å². The van der Waals surface area contributed by atoms with Gasteiger partial charge in [-0.05, 0) is 77.2 Å². The van der Waals surface area contributed by atoms with E-state index in [0.717, 1.165) is 66.7 Å². The van der Waals surface area contributed by atoms with E-state index in [2.05, 4.69) is 59.6 Å². The number of hydrogen-bond acceptors (Lipinski definition) is 5. The maximum atomic E-state index is 6.39. The van der Waals surface area contributed by atoms with Crippen molar-refractivity contribution in [2.24, 2.45) is 0 Å². The number of aromatic nitrogens is 2. The number of ether oxygens (including phenoxy) is 2. The van der Waals surface area contributed by atoms with E-state index in [-0.39, 0.29) is 6.71 Å². The van der Waals surface area contributed by atoms with E-state index in [0.29, 0.717) is 0 Å². The van der Waals surface area contributed by atoms with Gasteiger partial charge in [-0.2, -0.15) is 0 Å². The third kappa shape index (κ3) is 2.95. The van der Waals surface area contributed by atoms with Gasteiger partial charge in [-0.15, -0.1) is 11.3 Å². The van der Waals surface area contributed by atoms with Gasteiger partial charge >= 0.3 is 0 Å². The highest BCUT2D eigenvalue weighted by atomic mass is 32.1. The van der Waals surface area contributed by atoms with Gasteiger partial charge in [0, 0.05) is 17.2 Å². The van der Waals surface area contributed by atoms with Crippen molar-refractivity contribution in [2.75, 3.05) is 0 Å². The predicted molar refractivity (Wildman–Crippen MR) is 146 cm³/mol. The molecule has 0 saturated carbocycles. The number of benzene rings is 4. The molecule has 4 heterocycles.